The molecule has 1 fully saturated rings. The lowest BCUT2D eigenvalue weighted by Crippen LogP contribution is -2.42. The Bertz CT molecular complexity index is 428. The zero-order chi connectivity index (χ0) is 15.8. The molecule has 0 saturated carbocycles. The number of carbonyl (C=O) groups excluding carboxylic acids is 1. The molecule has 1 amide bonds. The van der Waals surface area contributed by atoms with Crippen LogP contribution in [0.5, 0.6) is 0 Å². The van der Waals surface area contributed by atoms with Crippen molar-refractivity contribution in [1.82, 2.24) is 10.2 Å². The van der Waals surface area contributed by atoms with Gasteiger partial charge < -0.3 is 10.1 Å². The van der Waals surface area contributed by atoms with Crippen molar-refractivity contribution in [1.29, 1.82) is 0 Å². The van der Waals surface area contributed by atoms with Gasteiger partial charge in [-0.05, 0) is 56.6 Å². The average molecular weight is 324 g/mol. The smallest absolute Gasteiger partial charge is 0.249 e. The van der Waals surface area contributed by atoms with Gasteiger partial charge in [-0.15, -0.1) is 11.3 Å². The van der Waals surface area contributed by atoms with Gasteiger partial charge in [0.25, 0.3) is 0 Å². The summed E-state index contributed by atoms with van der Waals surface area (Å²) in [5, 5.41) is 5.21. The van der Waals surface area contributed by atoms with E-state index in [1.807, 2.05) is 25.2 Å². The number of rotatable bonds is 8. The molecule has 1 aromatic heterocycles. The highest BCUT2D eigenvalue weighted by atomic mass is 32.1. The molecule has 22 heavy (non-hydrogen) atoms. The van der Waals surface area contributed by atoms with Gasteiger partial charge in [0, 0.05) is 24.6 Å². The van der Waals surface area contributed by atoms with E-state index in [0.29, 0.717) is 12.5 Å². The first kappa shape index (κ1) is 17.4. The van der Waals surface area contributed by atoms with Crippen LogP contribution in [0.1, 0.15) is 38.0 Å². The summed E-state index contributed by atoms with van der Waals surface area (Å²) < 4.78 is 5.45. The van der Waals surface area contributed by atoms with Crippen LogP contribution in [0.4, 0.5) is 0 Å². The van der Waals surface area contributed by atoms with Crippen molar-refractivity contribution in [2.45, 2.75) is 45.8 Å². The van der Waals surface area contributed by atoms with E-state index >= 15 is 0 Å². The van der Waals surface area contributed by atoms with E-state index in [0.717, 1.165) is 45.4 Å². The number of nitrogens with one attached hydrogen (secondary N) is 1. The highest BCUT2D eigenvalue weighted by Gasteiger charge is 2.22. The lowest BCUT2D eigenvalue weighted by Gasteiger charge is -2.32. The summed E-state index contributed by atoms with van der Waals surface area (Å²) in [6.45, 7) is 8.62. The lowest BCUT2D eigenvalue weighted by atomic mass is 9.96. The Kier molecular flexibility index (Phi) is 7.36. The van der Waals surface area contributed by atoms with Gasteiger partial charge in [0.1, 0.15) is 6.10 Å². The van der Waals surface area contributed by atoms with Crippen molar-refractivity contribution in [3.63, 3.8) is 0 Å². The molecular formula is C17H28N2O2S. The maximum absolute atomic E-state index is 12.0. The van der Waals surface area contributed by atoms with Crippen LogP contribution >= 0.6 is 11.3 Å². The second-order valence-electron chi connectivity index (χ2n) is 5.90. The molecular weight excluding hydrogens is 296 g/mol. The van der Waals surface area contributed by atoms with E-state index in [-0.39, 0.29) is 12.0 Å². The van der Waals surface area contributed by atoms with Crippen LogP contribution in [0.3, 0.4) is 0 Å². The highest BCUT2D eigenvalue weighted by Crippen LogP contribution is 2.20. The van der Waals surface area contributed by atoms with Crippen LogP contribution in [0.15, 0.2) is 17.5 Å². The van der Waals surface area contributed by atoms with Gasteiger partial charge in [-0.1, -0.05) is 13.0 Å². The van der Waals surface area contributed by atoms with Crippen molar-refractivity contribution in [3.8, 4) is 0 Å². The fourth-order valence-electron chi connectivity index (χ4n) is 2.91. The Labute approximate surface area is 137 Å². The van der Waals surface area contributed by atoms with Crippen LogP contribution in [0.2, 0.25) is 0 Å². The molecule has 1 aliphatic heterocycles. The van der Waals surface area contributed by atoms with Crippen molar-refractivity contribution in [3.05, 3.63) is 22.4 Å². The third-order valence-electron chi connectivity index (χ3n) is 4.26. The quantitative estimate of drug-likeness (QED) is 0.799. The number of nitrogens with zero attached hydrogens (tertiary/aromatic N) is 1. The molecule has 1 aromatic rings. The largest absolute Gasteiger partial charge is 0.369 e. The minimum atomic E-state index is -0.288. The fourth-order valence-corrected chi connectivity index (χ4v) is 3.66. The average Bonchev–Trinajstić information content (AvgIpc) is 3.04. The van der Waals surface area contributed by atoms with Gasteiger partial charge >= 0.3 is 0 Å². The molecule has 0 aromatic carbocycles. The zero-order valence-corrected chi connectivity index (χ0v) is 14.5. The van der Waals surface area contributed by atoms with Crippen molar-refractivity contribution in [2.24, 2.45) is 5.92 Å². The van der Waals surface area contributed by atoms with Gasteiger partial charge in [-0.25, -0.2) is 0 Å². The number of ether oxygens (including phenoxy) is 1. The maximum atomic E-state index is 12.0. The van der Waals surface area contributed by atoms with Gasteiger partial charge in [0.05, 0.1) is 0 Å². The number of carbonyl (C=O) groups is 1. The molecule has 1 aliphatic rings. The highest BCUT2D eigenvalue weighted by molar-refractivity contribution is 7.09. The second-order valence-corrected chi connectivity index (χ2v) is 6.93. The van der Waals surface area contributed by atoms with Gasteiger partial charge in [-0.3, -0.25) is 9.69 Å². The fraction of sp³-hybridized carbons (Fsp3) is 0.706. The Morgan fingerprint density at radius 2 is 2.23 bits per heavy atom. The molecule has 5 heteroatoms. The summed E-state index contributed by atoms with van der Waals surface area (Å²) in [5.41, 5.74) is 0. The number of amides is 1. The third-order valence-corrected chi connectivity index (χ3v) is 5.12. The normalized spacial score (nSPS) is 18.3. The Hall–Kier alpha value is -0.910. The van der Waals surface area contributed by atoms with Crippen LogP contribution < -0.4 is 5.32 Å². The maximum Gasteiger partial charge on any atom is 0.249 e. The first-order chi connectivity index (χ1) is 10.7. The number of hydrogen-bond donors (Lipinski definition) is 1. The summed E-state index contributed by atoms with van der Waals surface area (Å²) in [7, 11) is 0. The topological polar surface area (TPSA) is 41.6 Å². The van der Waals surface area contributed by atoms with E-state index in [1.54, 1.807) is 0 Å². The Morgan fingerprint density at radius 1 is 1.45 bits per heavy atom. The summed E-state index contributed by atoms with van der Waals surface area (Å²) in [6, 6.07) is 4.32. The molecule has 0 unspecified atom stereocenters. The minimum Gasteiger partial charge on any atom is -0.369 e. The Morgan fingerprint density at radius 3 is 2.82 bits per heavy atom. The molecule has 2 heterocycles. The predicted octanol–water partition coefficient (Wildman–Crippen LogP) is 2.89. The molecule has 0 spiro atoms. The SMILES string of the molecule is CCO[C@H](CC)C(=O)NCC1CCN(Cc2cccs2)CC1. The van der Waals surface area contributed by atoms with Crippen LogP contribution in [0, 0.1) is 5.92 Å². The molecule has 1 N–H and O–H groups in total. The summed E-state index contributed by atoms with van der Waals surface area (Å²) in [4.78, 5) is 16.0. The third kappa shape index (κ3) is 5.38. The standard InChI is InChI=1S/C17H28N2O2S/c1-3-16(21-4-2)17(20)18-12-14-7-9-19(10-8-14)13-15-6-5-11-22-15/h5-6,11,14,16H,3-4,7-10,12-13H2,1-2H3,(H,18,20)/t16-/m1/s1. The summed E-state index contributed by atoms with van der Waals surface area (Å²) in [5.74, 6) is 0.646. The molecule has 4 nitrogen and oxygen atoms in total. The number of thiophene rings is 1. The first-order valence-corrected chi connectivity index (χ1v) is 9.24. The zero-order valence-electron chi connectivity index (χ0n) is 13.7. The van der Waals surface area contributed by atoms with E-state index in [2.05, 4.69) is 27.7 Å². The lowest BCUT2D eigenvalue weighted by molar-refractivity contribution is -0.133. The van der Waals surface area contributed by atoms with Crippen LogP contribution in [-0.4, -0.2) is 43.2 Å². The van der Waals surface area contributed by atoms with E-state index < -0.39 is 0 Å². The molecule has 0 bridgehead atoms. The molecule has 1 atom stereocenters. The number of likely N-dealkylation sites (tertiary alicyclic amines) is 1. The van der Waals surface area contributed by atoms with Crippen molar-refractivity contribution >= 4 is 17.2 Å². The van der Waals surface area contributed by atoms with Crippen LogP contribution in [-0.2, 0) is 16.1 Å². The van der Waals surface area contributed by atoms with Crippen molar-refractivity contribution in [2.75, 3.05) is 26.2 Å². The number of hydrogen-bond acceptors (Lipinski definition) is 4. The van der Waals surface area contributed by atoms with Gasteiger partial charge in [0.15, 0.2) is 0 Å². The second kappa shape index (κ2) is 9.28. The van der Waals surface area contributed by atoms with Crippen molar-refractivity contribution < 1.29 is 9.53 Å². The minimum absolute atomic E-state index is 0.0466. The summed E-state index contributed by atoms with van der Waals surface area (Å²) in [6.07, 6.45) is 2.77. The summed E-state index contributed by atoms with van der Waals surface area (Å²) >= 11 is 1.83. The van der Waals surface area contributed by atoms with Crippen LogP contribution in [0.25, 0.3) is 0 Å². The predicted molar refractivity (Wildman–Crippen MR) is 91.0 cm³/mol. The van der Waals surface area contributed by atoms with E-state index in [9.17, 15) is 4.79 Å². The first-order valence-electron chi connectivity index (χ1n) is 8.37. The van der Waals surface area contributed by atoms with E-state index in [4.69, 9.17) is 4.74 Å². The number of piperidine rings is 1. The molecule has 124 valence electrons. The Balaban J connectivity index is 1.65. The molecule has 0 aliphatic carbocycles. The molecule has 0 radical (unpaired) electrons. The monoisotopic (exact) mass is 324 g/mol. The molecule has 2 rings (SSSR count). The van der Waals surface area contributed by atoms with E-state index in [1.165, 1.54) is 4.88 Å². The molecule has 1 saturated heterocycles. The van der Waals surface area contributed by atoms with Gasteiger partial charge in [0.2, 0.25) is 5.91 Å². The van der Waals surface area contributed by atoms with Gasteiger partial charge in [-0.2, -0.15) is 0 Å².